The SMILES string of the molecule is CC(C)c1ccc(NC2CCC2)c(Cl)c1. The highest BCUT2D eigenvalue weighted by Gasteiger charge is 2.17. The standard InChI is InChI=1S/C13H18ClN/c1-9(2)10-6-7-13(12(14)8-10)15-11-4-3-5-11/h6-9,11,15H,3-5H2,1-2H3. The third-order valence-corrected chi connectivity index (χ3v) is 3.44. The Kier molecular flexibility index (Phi) is 3.20. The number of benzene rings is 1. The van der Waals surface area contributed by atoms with E-state index in [1.165, 1.54) is 24.8 Å². The van der Waals surface area contributed by atoms with Crippen LogP contribution in [0.25, 0.3) is 0 Å². The van der Waals surface area contributed by atoms with Crippen molar-refractivity contribution in [1.82, 2.24) is 0 Å². The first-order valence-corrected chi connectivity index (χ1v) is 6.10. The molecule has 15 heavy (non-hydrogen) atoms. The van der Waals surface area contributed by atoms with E-state index in [0.717, 1.165) is 10.7 Å². The Balaban J connectivity index is 2.11. The molecule has 0 radical (unpaired) electrons. The minimum Gasteiger partial charge on any atom is -0.381 e. The summed E-state index contributed by atoms with van der Waals surface area (Å²) in [4.78, 5) is 0. The molecule has 1 saturated carbocycles. The van der Waals surface area contributed by atoms with Gasteiger partial charge in [0.2, 0.25) is 0 Å². The van der Waals surface area contributed by atoms with Crippen LogP contribution >= 0.6 is 11.6 Å². The number of nitrogens with one attached hydrogen (secondary N) is 1. The fraction of sp³-hybridized carbons (Fsp3) is 0.538. The highest BCUT2D eigenvalue weighted by atomic mass is 35.5. The van der Waals surface area contributed by atoms with Crippen LogP contribution in [-0.4, -0.2) is 6.04 Å². The van der Waals surface area contributed by atoms with E-state index in [1.807, 2.05) is 0 Å². The molecule has 0 heterocycles. The molecule has 0 bridgehead atoms. The first-order valence-electron chi connectivity index (χ1n) is 5.73. The molecule has 1 aromatic carbocycles. The van der Waals surface area contributed by atoms with Crippen molar-refractivity contribution in [3.05, 3.63) is 28.8 Å². The second-order valence-electron chi connectivity index (χ2n) is 4.67. The Labute approximate surface area is 96.8 Å². The van der Waals surface area contributed by atoms with Crippen molar-refractivity contribution >= 4 is 17.3 Å². The van der Waals surface area contributed by atoms with E-state index >= 15 is 0 Å². The number of rotatable bonds is 3. The van der Waals surface area contributed by atoms with Gasteiger partial charge in [-0.2, -0.15) is 0 Å². The van der Waals surface area contributed by atoms with Crippen LogP contribution in [0.4, 0.5) is 5.69 Å². The average molecular weight is 224 g/mol. The van der Waals surface area contributed by atoms with Crippen molar-refractivity contribution in [3.8, 4) is 0 Å². The molecule has 0 amide bonds. The first kappa shape index (κ1) is 10.8. The summed E-state index contributed by atoms with van der Waals surface area (Å²) in [7, 11) is 0. The van der Waals surface area contributed by atoms with Crippen LogP contribution in [0, 0.1) is 0 Å². The molecule has 1 nitrogen and oxygen atoms in total. The Bertz CT molecular complexity index is 342. The second kappa shape index (κ2) is 4.44. The van der Waals surface area contributed by atoms with Crippen LogP contribution in [-0.2, 0) is 0 Å². The van der Waals surface area contributed by atoms with Crippen molar-refractivity contribution in [3.63, 3.8) is 0 Å². The molecule has 2 heteroatoms. The molecular weight excluding hydrogens is 206 g/mol. The lowest BCUT2D eigenvalue weighted by Gasteiger charge is -2.28. The van der Waals surface area contributed by atoms with Gasteiger partial charge >= 0.3 is 0 Å². The van der Waals surface area contributed by atoms with Gasteiger partial charge in [-0.3, -0.25) is 0 Å². The number of hydrogen-bond acceptors (Lipinski definition) is 1. The van der Waals surface area contributed by atoms with Crippen LogP contribution in [0.3, 0.4) is 0 Å². The second-order valence-corrected chi connectivity index (χ2v) is 5.07. The summed E-state index contributed by atoms with van der Waals surface area (Å²) >= 11 is 6.24. The van der Waals surface area contributed by atoms with Crippen LogP contribution in [0.1, 0.15) is 44.6 Å². The average Bonchev–Trinajstić information content (AvgIpc) is 2.12. The van der Waals surface area contributed by atoms with Crippen molar-refractivity contribution < 1.29 is 0 Å². The third-order valence-electron chi connectivity index (χ3n) is 3.12. The maximum absolute atomic E-state index is 6.24. The quantitative estimate of drug-likeness (QED) is 0.800. The Hall–Kier alpha value is -0.690. The van der Waals surface area contributed by atoms with Crippen LogP contribution < -0.4 is 5.32 Å². The summed E-state index contributed by atoms with van der Waals surface area (Å²) in [5, 5.41) is 4.34. The lowest BCUT2D eigenvalue weighted by molar-refractivity contribution is 0.445. The Morgan fingerprint density at radius 3 is 2.53 bits per heavy atom. The van der Waals surface area contributed by atoms with E-state index in [0.29, 0.717) is 12.0 Å². The van der Waals surface area contributed by atoms with Gasteiger partial charge in [0.05, 0.1) is 10.7 Å². The van der Waals surface area contributed by atoms with Gasteiger partial charge in [0, 0.05) is 6.04 Å². The fourth-order valence-corrected chi connectivity index (χ4v) is 2.02. The summed E-state index contributed by atoms with van der Waals surface area (Å²) in [5.41, 5.74) is 2.39. The monoisotopic (exact) mass is 223 g/mol. The summed E-state index contributed by atoms with van der Waals surface area (Å²) in [6, 6.07) is 6.99. The number of hydrogen-bond donors (Lipinski definition) is 1. The summed E-state index contributed by atoms with van der Waals surface area (Å²) in [5.74, 6) is 0.542. The molecule has 0 spiro atoms. The minimum absolute atomic E-state index is 0.542. The summed E-state index contributed by atoms with van der Waals surface area (Å²) < 4.78 is 0. The number of anilines is 1. The van der Waals surface area contributed by atoms with E-state index in [9.17, 15) is 0 Å². The van der Waals surface area contributed by atoms with Crippen molar-refractivity contribution in [2.24, 2.45) is 0 Å². The maximum Gasteiger partial charge on any atom is 0.0640 e. The number of halogens is 1. The molecule has 2 rings (SSSR count). The first-order chi connectivity index (χ1) is 7.16. The van der Waals surface area contributed by atoms with Gasteiger partial charge in [0.15, 0.2) is 0 Å². The molecule has 0 saturated heterocycles. The van der Waals surface area contributed by atoms with Gasteiger partial charge in [0.1, 0.15) is 0 Å². The molecule has 1 N–H and O–H groups in total. The Morgan fingerprint density at radius 1 is 1.33 bits per heavy atom. The molecule has 1 aliphatic carbocycles. The van der Waals surface area contributed by atoms with Gasteiger partial charge in [0.25, 0.3) is 0 Å². The van der Waals surface area contributed by atoms with Crippen LogP contribution in [0.2, 0.25) is 5.02 Å². The summed E-state index contributed by atoms with van der Waals surface area (Å²) in [6.45, 7) is 4.37. The van der Waals surface area contributed by atoms with E-state index in [4.69, 9.17) is 11.6 Å². The maximum atomic E-state index is 6.24. The lowest BCUT2D eigenvalue weighted by atomic mass is 9.93. The van der Waals surface area contributed by atoms with E-state index in [1.54, 1.807) is 0 Å². The molecule has 1 aromatic rings. The largest absolute Gasteiger partial charge is 0.381 e. The third kappa shape index (κ3) is 2.46. The molecule has 0 unspecified atom stereocenters. The zero-order valence-electron chi connectivity index (χ0n) is 9.39. The van der Waals surface area contributed by atoms with Gasteiger partial charge < -0.3 is 5.32 Å². The molecule has 1 fully saturated rings. The summed E-state index contributed by atoms with van der Waals surface area (Å²) in [6.07, 6.45) is 3.91. The fourth-order valence-electron chi connectivity index (χ4n) is 1.78. The highest BCUT2D eigenvalue weighted by molar-refractivity contribution is 6.33. The van der Waals surface area contributed by atoms with Crippen LogP contribution in [0.5, 0.6) is 0 Å². The van der Waals surface area contributed by atoms with Gasteiger partial charge in [-0.1, -0.05) is 31.5 Å². The van der Waals surface area contributed by atoms with Crippen molar-refractivity contribution in [2.75, 3.05) is 5.32 Å². The van der Waals surface area contributed by atoms with Gasteiger partial charge in [-0.05, 0) is 42.9 Å². The lowest BCUT2D eigenvalue weighted by Crippen LogP contribution is -2.27. The zero-order valence-corrected chi connectivity index (χ0v) is 10.1. The molecule has 82 valence electrons. The molecular formula is C13H18ClN. The molecule has 0 atom stereocenters. The van der Waals surface area contributed by atoms with Crippen molar-refractivity contribution in [2.45, 2.75) is 45.1 Å². The van der Waals surface area contributed by atoms with E-state index in [2.05, 4.69) is 37.4 Å². The van der Waals surface area contributed by atoms with Gasteiger partial charge in [-0.15, -0.1) is 0 Å². The molecule has 1 aliphatic rings. The van der Waals surface area contributed by atoms with Gasteiger partial charge in [-0.25, -0.2) is 0 Å². The smallest absolute Gasteiger partial charge is 0.0640 e. The minimum atomic E-state index is 0.542. The topological polar surface area (TPSA) is 12.0 Å². The van der Waals surface area contributed by atoms with Crippen molar-refractivity contribution in [1.29, 1.82) is 0 Å². The predicted octanol–water partition coefficient (Wildman–Crippen LogP) is 4.43. The normalized spacial score (nSPS) is 16.5. The molecule has 0 aromatic heterocycles. The predicted molar refractivity (Wildman–Crippen MR) is 66.8 cm³/mol. The van der Waals surface area contributed by atoms with E-state index in [-0.39, 0.29) is 0 Å². The molecule has 0 aliphatic heterocycles. The van der Waals surface area contributed by atoms with Crippen LogP contribution in [0.15, 0.2) is 18.2 Å². The Morgan fingerprint density at radius 2 is 2.07 bits per heavy atom. The highest BCUT2D eigenvalue weighted by Crippen LogP contribution is 2.30. The van der Waals surface area contributed by atoms with E-state index < -0.39 is 0 Å². The zero-order chi connectivity index (χ0) is 10.8.